The number of carbonyl (C=O) groups is 2. The Hall–Kier alpha value is -3.28. The van der Waals surface area contributed by atoms with Crippen molar-refractivity contribution in [1.29, 1.82) is 0 Å². The molecule has 1 heterocycles. The van der Waals surface area contributed by atoms with Gasteiger partial charge in [0.15, 0.2) is 0 Å². The van der Waals surface area contributed by atoms with Gasteiger partial charge in [-0.2, -0.15) is 0 Å². The fraction of sp³-hybridized carbons (Fsp3) is 0.429. The van der Waals surface area contributed by atoms with Crippen molar-refractivity contribution in [3.8, 4) is 5.75 Å². The first-order valence-electron chi connectivity index (χ1n) is 11.9. The molecule has 6 nitrogen and oxygen atoms in total. The van der Waals surface area contributed by atoms with Gasteiger partial charge in [0.05, 0.1) is 7.11 Å². The van der Waals surface area contributed by atoms with E-state index >= 15 is 0 Å². The second-order valence-corrected chi connectivity index (χ2v) is 10.0. The van der Waals surface area contributed by atoms with Crippen molar-refractivity contribution in [2.24, 2.45) is 5.41 Å². The average molecular weight is 464 g/mol. The zero-order valence-electron chi connectivity index (χ0n) is 21.2. The van der Waals surface area contributed by atoms with Crippen molar-refractivity contribution in [2.45, 2.75) is 53.6 Å². The molecule has 182 valence electrons. The summed E-state index contributed by atoms with van der Waals surface area (Å²) in [6.07, 6.45) is 2.72. The number of carbonyl (C=O) groups excluding carboxylic acids is 2. The minimum absolute atomic E-state index is 0.0234. The number of aromatic nitrogens is 1. The molecule has 2 amide bonds. The summed E-state index contributed by atoms with van der Waals surface area (Å²) in [7, 11) is 1.64. The van der Waals surface area contributed by atoms with Crippen LogP contribution in [0.25, 0.3) is 10.9 Å². The largest absolute Gasteiger partial charge is 0.496 e. The SMILES string of the molecule is COc1ccccc1CN(CCc1c[nH]c2ccccc12)C(=O)CN(C(=O)C(C)(C)C)C(C)C. The van der Waals surface area contributed by atoms with Crippen LogP contribution in [0.1, 0.15) is 45.7 Å². The van der Waals surface area contributed by atoms with E-state index < -0.39 is 5.41 Å². The van der Waals surface area contributed by atoms with Crippen LogP contribution in [0.2, 0.25) is 0 Å². The van der Waals surface area contributed by atoms with Crippen LogP contribution in [0, 0.1) is 5.41 Å². The van der Waals surface area contributed by atoms with E-state index in [4.69, 9.17) is 4.74 Å². The Labute approximate surface area is 202 Å². The average Bonchev–Trinajstić information content (AvgIpc) is 3.22. The zero-order valence-corrected chi connectivity index (χ0v) is 21.2. The van der Waals surface area contributed by atoms with Crippen molar-refractivity contribution in [3.63, 3.8) is 0 Å². The molecular weight excluding hydrogens is 426 g/mol. The Morgan fingerprint density at radius 2 is 1.68 bits per heavy atom. The summed E-state index contributed by atoms with van der Waals surface area (Å²) in [6, 6.07) is 15.9. The summed E-state index contributed by atoms with van der Waals surface area (Å²) in [5.74, 6) is 0.653. The van der Waals surface area contributed by atoms with Crippen LogP contribution < -0.4 is 4.74 Å². The van der Waals surface area contributed by atoms with E-state index in [0.717, 1.165) is 16.8 Å². The van der Waals surface area contributed by atoms with E-state index in [1.807, 2.05) is 82.1 Å². The molecule has 0 saturated carbocycles. The van der Waals surface area contributed by atoms with E-state index in [1.165, 1.54) is 10.9 Å². The number of nitrogens with one attached hydrogen (secondary N) is 1. The number of H-pyrrole nitrogens is 1. The monoisotopic (exact) mass is 463 g/mol. The van der Waals surface area contributed by atoms with Crippen LogP contribution >= 0.6 is 0 Å². The molecular formula is C28H37N3O3. The van der Waals surface area contributed by atoms with Crippen molar-refractivity contribution in [3.05, 3.63) is 65.9 Å². The Kier molecular flexibility index (Phi) is 8.02. The molecule has 0 fully saturated rings. The molecule has 0 radical (unpaired) electrons. The summed E-state index contributed by atoms with van der Waals surface area (Å²) in [4.78, 5) is 33.5. The fourth-order valence-corrected chi connectivity index (χ4v) is 4.09. The molecule has 0 atom stereocenters. The van der Waals surface area contributed by atoms with Gasteiger partial charge in [-0.3, -0.25) is 9.59 Å². The Morgan fingerprint density at radius 1 is 1.00 bits per heavy atom. The first-order chi connectivity index (χ1) is 16.1. The van der Waals surface area contributed by atoms with Crippen molar-refractivity contribution < 1.29 is 14.3 Å². The number of benzene rings is 2. The number of para-hydroxylation sites is 2. The van der Waals surface area contributed by atoms with Gasteiger partial charge in [0, 0.05) is 47.2 Å². The molecule has 3 rings (SSSR count). The fourth-order valence-electron chi connectivity index (χ4n) is 4.09. The van der Waals surface area contributed by atoms with Gasteiger partial charge < -0.3 is 19.5 Å². The van der Waals surface area contributed by atoms with Crippen LogP contribution in [0.15, 0.2) is 54.7 Å². The lowest BCUT2D eigenvalue weighted by Gasteiger charge is -2.34. The number of fused-ring (bicyclic) bond motifs is 1. The minimum Gasteiger partial charge on any atom is -0.496 e. The molecule has 0 unspecified atom stereocenters. The highest BCUT2D eigenvalue weighted by Crippen LogP contribution is 2.23. The lowest BCUT2D eigenvalue weighted by molar-refractivity contribution is -0.147. The molecule has 0 saturated heterocycles. The summed E-state index contributed by atoms with van der Waals surface area (Å²) in [5, 5.41) is 1.17. The Balaban J connectivity index is 1.85. The lowest BCUT2D eigenvalue weighted by Crippen LogP contribution is -2.49. The smallest absolute Gasteiger partial charge is 0.242 e. The number of methoxy groups -OCH3 is 1. The number of rotatable bonds is 9. The van der Waals surface area contributed by atoms with Gasteiger partial charge in [0.2, 0.25) is 11.8 Å². The highest BCUT2D eigenvalue weighted by Gasteiger charge is 2.31. The third-order valence-corrected chi connectivity index (χ3v) is 6.06. The number of hydrogen-bond donors (Lipinski definition) is 1. The van der Waals surface area contributed by atoms with Crippen molar-refractivity contribution in [1.82, 2.24) is 14.8 Å². The maximum Gasteiger partial charge on any atom is 0.242 e. The normalized spacial score (nSPS) is 11.6. The Morgan fingerprint density at radius 3 is 2.35 bits per heavy atom. The van der Waals surface area contributed by atoms with E-state index in [-0.39, 0.29) is 24.4 Å². The summed E-state index contributed by atoms with van der Waals surface area (Å²) >= 11 is 0. The highest BCUT2D eigenvalue weighted by atomic mass is 16.5. The molecule has 3 aromatic rings. The third kappa shape index (κ3) is 5.99. The third-order valence-electron chi connectivity index (χ3n) is 6.06. The van der Waals surface area contributed by atoms with Gasteiger partial charge in [-0.05, 0) is 38.0 Å². The maximum absolute atomic E-state index is 13.6. The molecule has 1 N–H and O–H groups in total. The van der Waals surface area contributed by atoms with E-state index in [2.05, 4.69) is 17.1 Å². The number of aromatic amines is 1. The first kappa shape index (κ1) is 25.3. The number of ether oxygens (including phenoxy) is 1. The van der Waals surface area contributed by atoms with Crippen LogP contribution in [-0.4, -0.2) is 52.8 Å². The van der Waals surface area contributed by atoms with Gasteiger partial charge >= 0.3 is 0 Å². The lowest BCUT2D eigenvalue weighted by atomic mass is 9.94. The van der Waals surface area contributed by atoms with E-state index in [1.54, 1.807) is 12.0 Å². The molecule has 34 heavy (non-hydrogen) atoms. The molecule has 0 bridgehead atoms. The first-order valence-corrected chi connectivity index (χ1v) is 11.9. The standard InChI is InChI=1S/C28H37N3O3/c1-20(2)31(27(33)28(3,4)5)19-26(32)30(18-22-11-7-10-14-25(22)34-6)16-15-21-17-29-24-13-9-8-12-23(21)24/h7-14,17,20,29H,15-16,18-19H2,1-6H3. The van der Waals surface area contributed by atoms with Crippen LogP contribution in [0.3, 0.4) is 0 Å². The summed E-state index contributed by atoms with van der Waals surface area (Å²) < 4.78 is 5.53. The zero-order chi connectivity index (χ0) is 24.9. The number of hydrogen-bond acceptors (Lipinski definition) is 3. The van der Waals surface area contributed by atoms with Crippen molar-refractivity contribution in [2.75, 3.05) is 20.2 Å². The molecule has 0 aliphatic rings. The molecule has 2 aromatic carbocycles. The summed E-state index contributed by atoms with van der Waals surface area (Å²) in [5.41, 5.74) is 2.64. The quantitative estimate of drug-likeness (QED) is 0.484. The maximum atomic E-state index is 13.6. The second-order valence-electron chi connectivity index (χ2n) is 10.0. The van der Waals surface area contributed by atoms with Gasteiger partial charge in [-0.15, -0.1) is 0 Å². The second kappa shape index (κ2) is 10.8. The highest BCUT2D eigenvalue weighted by molar-refractivity contribution is 5.88. The van der Waals surface area contributed by atoms with Crippen molar-refractivity contribution >= 4 is 22.7 Å². The molecule has 0 aliphatic carbocycles. The number of amides is 2. The predicted octanol–water partition coefficient (Wildman–Crippen LogP) is 5.03. The van der Waals surface area contributed by atoms with Gasteiger partial charge in [-0.25, -0.2) is 0 Å². The predicted molar refractivity (Wildman–Crippen MR) is 137 cm³/mol. The van der Waals surface area contributed by atoms with E-state index in [0.29, 0.717) is 19.5 Å². The number of nitrogens with zero attached hydrogens (tertiary/aromatic N) is 2. The topological polar surface area (TPSA) is 65.6 Å². The molecule has 0 spiro atoms. The van der Waals surface area contributed by atoms with Gasteiger partial charge in [0.1, 0.15) is 12.3 Å². The van der Waals surface area contributed by atoms with Crippen LogP contribution in [0.4, 0.5) is 0 Å². The minimum atomic E-state index is -0.554. The van der Waals surface area contributed by atoms with Gasteiger partial charge in [0.25, 0.3) is 0 Å². The van der Waals surface area contributed by atoms with E-state index in [9.17, 15) is 9.59 Å². The summed E-state index contributed by atoms with van der Waals surface area (Å²) in [6.45, 7) is 10.6. The van der Waals surface area contributed by atoms with Crippen LogP contribution in [0.5, 0.6) is 5.75 Å². The molecule has 6 heteroatoms. The van der Waals surface area contributed by atoms with Gasteiger partial charge in [-0.1, -0.05) is 57.2 Å². The molecule has 0 aliphatic heterocycles. The molecule has 1 aromatic heterocycles. The Bertz CT molecular complexity index is 1130. The van der Waals surface area contributed by atoms with Crippen LogP contribution in [-0.2, 0) is 22.6 Å².